The first-order chi connectivity index (χ1) is 15.2. The fourth-order valence-corrected chi connectivity index (χ4v) is 4.28. The van der Waals surface area contributed by atoms with E-state index in [0.29, 0.717) is 34.0 Å². The summed E-state index contributed by atoms with van der Waals surface area (Å²) in [5.41, 5.74) is 3.53. The molecule has 2 aromatic heterocycles. The molecule has 166 valence electrons. The Labute approximate surface area is 196 Å². The molecule has 0 bridgehead atoms. The fraction of sp³-hybridized carbons (Fsp3) is 0.292. The zero-order valence-corrected chi connectivity index (χ0v) is 20.0. The lowest BCUT2D eigenvalue weighted by Gasteiger charge is -2.19. The molecule has 1 N–H and O–H groups in total. The number of nitrogens with one attached hydrogen (secondary N) is 1. The van der Waals surface area contributed by atoms with E-state index in [-0.39, 0.29) is 11.0 Å². The van der Waals surface area contributed by atoms with Crippen LogP contribution in [0.15, 0.2) is 58.5 Å². The number of ether oxygens (including phenoxy) is 1. The number of halogens is 1. The number of H-pyrrole nitrogens is 1. The number of aromatic nitrogens is 4. The lowest BCUT2D eigenvalue weighted by atomic mass is 9.87. The molecule has 0 amide bonds. The van der Waals surface area contributed by atoms with Crippen molar-refractivity contribution in [1.82, 2.24) is 19.6 Å². The summed E-state index contributed by atoms with van der Waals surface area (Å²) in [5.74, 6) is 2.04. The van der Waals surface area contributed by atoms with Crippen LogP contribution in [0.4, 0.5) is 0 Å². The molecule has 0 saturated heterocycles. The van der Waals surface area contributed by atoms with Crippen LogP contribution in [0.2, 0.25) is 5.02 Å². The molecule has 0 spiro atoms. The summed E-state index contributed by atoms with van der Waals surface area (Å²) in [5, 5.41) is 4.11. The molecule has 4 aromatic rings. The van der Waals surface area contributed by atoms with E-state index in [1.807, 2.05) is 37.3 Å². The van der Waals surface area contributed by atoms with Gasteiger partial charge in [0.05, 0.1) is 6.61 Å². The highest BCUT2D eigenvalue weighted by molar-refractivity contribution is 7.99. The maximum absolute atomic E-state index is 11.9. The quantitative estimate of drug-likeness (QED) is 0.298. The van der Waals surface area contributed by atoms with E-state index < -0.39 is 0 Å². The predicted octanol–water partition coefficient (Wildman–Crippen LogP) is 5.52. The van der Waals surface area contributed by atoms with Crippen molar-refractivity contribution in [2.24, 2.45) is 0 Å². The minimum absolute atomic E-state index is 0.0702. The second-order valence-corrected chi connectivity index (χ2v) is 10.1. The minimum Gasteiger partial charge on any atom is -0.492 e. The van der Waals surface area contributed by atoms with Crippen molar-refractivity contribution < 1.29 is 4.74 Å². The van der Waals surface area contributed by atoms with Crippen molar-refractivity contribution in [1.29, 1.82) is 0 Å². The number of benzene rings is 2. The third-order valence-corrected chi connectivity index (χ3v) is 6.18. The maximum atomic E-state index is 11.9. The highest BCUT2D eigenvalue weighted by Gasteiger charge is 2.15. The maximum Gasteiger partial charge on any atom is 0.266 e. The summed E-state index contributed by atoms with van der Waals surface area (Å²) >= 11 is 7.50. The molecule has 0 aliphatic rings. The predicted molar refractivity (Wildman–Crippen MR) is 130 cm³/mol. The van der Waals surface area contributed by atoms with Crippen LogP contribution in [0.25, 0.3) is 17.0 Å². The molecular formula is C24H25ClN4O2S. The SMILES string of the molecule is Cc1cc(Cl)ccc1OCCSc1nc(-c2ccc(C(C)(C)C)cc2)nc2cc(=O)[nH]n12. The van der Waals surface area contributed by atoms with Crippen LogP contribution in [-0.2, 0) is 5.41 Å². The first kappa shape index (κ1) is 22.4. The highest BCUT2D eigenvalue weighted by atomic mass is 35.5. The number of hydrogen-bond acceptors (Lipinski definition) is 5. The second kappa shape index (κ2) is 9.00. The average Bonchev–Trinajstić information content (AvgIpc) is 3.12. The van der Waals surface area contributed by atoms with Crippen LogP contribution in [-0.4, -0.2) is 31.9 Å². The second-order valence-electron chi connectivity index (χ2n) is 8.58. The molecular weight excluding hydrogens is 444 g/mol. The number of fused-ring (bicyclic) bond motifs is 1. The van der Waals surface area contributed by atoms with Crippen LogP contribution < -0.4 is 10.3 Å². The van der Waals surface area contributed by atoms with Gasteiger partial charge in [0.15, 0.2) is 16.6 Å². The summed E-state index contributed by atoms with van der Waals surface area (Å²) in [7, 11) is 0. The number of aryl methyl sites for hydroxylation is 1. The largest absolute Gasteiger partial charge is 0.492 e. The van der Waals surface area contributed by atoms with Gasteiger partial charge in [-0.1, -0.05) is 68.4 Å². The van der Waals surface area contributed by atoms with E-state index >= 15 is 0 Å². The van der Waals surface area contributed by atoms with Crippen molar-refractivity contribution in [2.45, 2.75) is 38.3 Å². The van der Waals surface area contributed by atoms with Crippen molar-refractivity contribution in [3.8, 4) is 17.1 Å². The zero-order valence-electron chi connectivity index (χ0n) is 18.5. The standard InChI is InChI=1S/C24H25ClN4O2S/c1-15-13-18(25)9-10-19(15)31-11-12-32-23-27-22(26-20-14-21(30)28-29(20)23)16-5-7-17(8-6-16)24(2,3)4/h5-10,13-14H,11-12H2,1-4H3,(H,28,30). The van der Waals surface area contributed by atoms with E-state index in [4.69, 9.17) is 21.3 Å². The Bertz CT molecular complexity index is 1310. The molecule has 0 radical (unpaired) electrons. The third kappa shape index (κ3) is 5.00. The van der Waals surface area contributed by atoms with E-state index in [2.05, 4.69) is 43.0 Å². The molecule has 0 aliphatic carbocycles. The van der Waals surface area contributed by atoms with Gasteiger partial charge in [-0.3, -0.25) is 9.89 Å². The summed E-state index contributed by atoms with van der Waals surface area (Å²) in [6.45, 7) is 8.99. The number of hydrogen-bond donors (Lipinski definition) is 1. The molecule has 4 rings (SSSR count). The van der Waals surface area contributed by atoms with E-state index in [9.17, 15) is 4.79 Å². The topological polar surface area (TPSA) is 72.3 Å². The first-order valence-electron chi connectivity index (χ1n) is 10.3. The number of nitrogens with zero attached hydrogens (tertiary/aromatic N) is 3. The Hall–Kier alpha value is -2.77. The highest BCUT2D eigenvalue weighted by Crippen LogP contribution is 2.27. The first-order valence-corrected chi connectivity index (χ1v) is 11.7. The molecule has 0 saturated carbocycles. The van der Waals surface area contributed by atoms with Crippen LogP contribution >= 0.6 is 23.4 Å². The third-order valence-electron chi connectivity index (χ3n) is 5.04. The smallest absolute Gasteiger partial charge is 0.266 e. The Morgan fingerprint density at radius 1 is 1.09 bits per heavy atom. The lowest BCUT2D eigenvalue weighted by Crippen LogP contribution is -2.10. The minimum atomic E-state index is -0.214. The molecule has 0 fully saturated rings. The van der Waals surface area contributed by atoms with E-state index in [1.165, 1.54) is 23.4 Å². The normalized spacial score (nSPS) is 11.8. The van der Waals surface area contributed by atoms with Gasteiger partial charge in [-0.25, -0.2) is 14.5 Å². The van der Waals surface area contributed by atoms with Gasteiger partial charge in [-0.15, -0.1) is 0 Å². The Morgan fingerprint density at radius 2 is 1.84 bits per heavy atom. The number of rotatable bonds is 6. The van der Waals surface area contributed by atoms with Gasteiger partial charge in [0.1, 0.15) is 5.75 Å². The van der Waals surface area contributed by atoms with Gasteiger partial charge in [-0.05, 0) is 41.7 Å². The summed E-state index contributed by atoms with van der Waals surface area (Å²) in [6, 6.07) is 15.3. The van der Waals surface area contributed by atoms with Gasteiger partial charge < -0.3 is 4.74 Å². The Kier molecular flexibility index (Phi) is 6.31. The average molecular weight is 469 g/mol. The van der Waals surface area contributed by atoms with Crippen LogP contribution in [0.1, 0.15) is 31.9 Å². The Balaban J connectivity index is 1.55. The van der Waals surface area contributed by atoms with Crippen LogP contribution in [0, 0.1) is 6.92 Å². The van der Waals surface area contributed by atoms with Crippen molar-refractivity contribution in [2.75, 3.05) is 12.4 Å². The molecule has 32 heavy (non-hydrogen) atoms. The molecule has 6 nitrogen and oxygen atoms in total. The van der Waals surface area contributed by atoms with Gasteiger partial charge in [-0.2, -0.15) is 0 Å². The summed E-state index contributed by atoms with van der Waals surface area (Å²) in [6.07, 6.45) is 0. The van der Waals surface area contributed by atoms with E-state index in [0.717, 1.165) is 16.9 Å². The number of aromatic amines is 1. The van der Waals surface area contributed by atoms with Crippen LogP contribution in [0.5, 0.6) is 5.75 Å². The molecule has 0 aliphatic heterocycles. The summed E-state index contributed by atoms with van der Waals surface area (Å²) < 4.78 is 7.51. The number of thioether (sulfide) groups is 1. The zero-order chi connectivity index (χ0) is 22.9. The Morgan fingerprint density at radius 3 is 2.53 bits per heavy atom. The molecule has 0 atom stereocenters. The van der Waals surface area contributed by atoms with Crippen LogP contribution in [0.3, 0.4) is 0 Å². The van der Waals surface area contributed by atoms with Gasteiger partial charge >= 0.3 is 0 Å². The fourth-order valence-electron chi connectivity index (χ4n) is 3.29. The van der Waals surface area contributed by atoms with Crippen molar-refractivity contribution in [3.63, 3.8) is 0 Å². The lowest BCUT2D eigenvalue weighted by molar-refractivity contribution is 0.341. The van der Waals surface area contributed by atoms with Crippen molar-refractivity contribution in [3.05, 3.63) is 75.0 Å². The molecule has 2 heterocycles. The monoisotopic (exact) mass is 468 g/mol. The van der Waals surface area contributed by atoms with E-state index in [1.54, 1.807) is 4.52 Å². The summed E-state index contributed by atoms with van der Waals surface area (Å²) in [4.78, 5) is 21.2. The van der Waals surface area contributed by atoms with Gasteiger partial charge in [0.25, 0.3) is 5.56 Å². The van der Waals surface area contributed by atoms with Gasteiger partial charge in [0.2, 0.25) is 0 Å². The molecule has 0 unspecified atom stereocenters. The van der Waals surface area contributed by atoms with Gasteiger partial charge in [0, 0.05) is 22.4 Å². The molecule has 8 heteroatoms. The molecule has 2 aromatic carbocycles. The van der Waals surface area contributed by atoms with Crippen molar-refractivity contribution >= 4 is 29.0 Å².